The molecule has 0 fully saturated rings. The molecule has 1 heterocycles. The lowest BCUT2D eigenvalue weighted by Gasteiger charge is -2.23. The van der Waals surface area contributed by atoms with Crippen molar-refractivity contribution in [3.05, 3.63) is 52.9 Å². The highest BCUT2D eigenvalue weighted by atomic mass is 32.2. The Morgan fingerprint density at radius 1 is 1.03 bits per heavy atom. The van der Waals surface area contributed by atoms with Gasteiger partial charge in [-0.05, 0) is 41.5 Å². The van der Waals surface area contributed by atoms with Gasteiger partial charge in [0.25, 0.3) is 0 Å². The zero-order valence-corrected chi connectivity index (χ0v) is 19.2. The number of allylic oxidation sites excluding steroid dienone is 1. The molecule has 0 saturated heterocycles. The minimum Gasteiger partial charge on any atom is -0.392 e. The van der Waals surface area contributed by atoms with Crippen LogP contribution in [0.25, 0.3) is 17.2 Å². The number of aliphatic hydroxyl groups is 1. The van der Waals surface area contributed by atoms with Gasteiger partial charge in [0.2, 0.25) is 0 Å². The fraction of sp³-hybridized carbons (Fsp3) is 0.458. The van der Waals surface area contributed by atoms with E-state index in [4.69, 9.17) is 4.98 Å². The molecule has 0 spiro atoms. The molecule has 0 bridgehead atoms. The smallest absolute Gasteiger partial charge is 0.175 e. The van der Waals surface area contributed by atoms with Gasteiger partial charge < -0.3 is 5.11 Å². The van der Waals surface area contributed by atoms with E-state index >= 15 is 0 Å². The minimum absolute atomic E-state index is 0.114. The maximum absolute atomic E-state index is 11.9. The van der Waals surface area contributed by atoms with Crippen molar-refractivity contribution in [3.8, 4) is 11.1 Å². The van der Waals surface area contributed by atoms with Gasteiger partial charge in [-0.3, -0.25) is 4.98 Å². The zero-order chi connectivity index (χ0) is 21.8. The minimum atomic E-state index is -3.26. The monoisotopic (exact) mass is 415 g/mol. The largest absolute Gasteiger partial charge is 0.392 e. The summed E-state index contributed by atoms with van der Waals surface area (Å²) in [6.45, 7) is 10.4. The molecule has 5 heteroatoms. The summed E-state index contributed by atoms with van der Waals surface area (Å²) in [5, 5.41) is 10.3. The highest BCUT2D eigenvalue weighted by Gasteiger charge is 2.22. The molecule has 0 aliphatic heterocycles. The molecule has 0 unspecified atom stereocenters. The number of aliphatic hydroxyl groups excluding tert-OH is 1. The third kappa shape index (κ3) is 5.34. The molecule has 0 radical (unpaired) electrons. The second kappa shape index (κ2) is 9.68. The van der Waals surface area contributed by atoms with Gasteiger partial charge in [0, 0.05) is 23.1 Å². The lowest BCUT2D eigenvalue weighted by molar-refractivity contribution is 0.280. The molecule has 2 aromatic rings. The molecule has 0 amide bonds. The summed E-state index contributed by atoms with van der Waals surface area (Å²) in [5.41, 5.74) is 5.55. The number of pyridine rings is 1. The Kier molecular flexibility index (Phi) is 7.78. The third-order valence-corrected chi connectivity index (χ3v) is 6.09. The van der Waals surface area contributed by atoms with E-state index in [0.717, 1.165) is 46.5 Å². The van der Waals surface area contributed by atoms with Crippen LogP contribution in [0.15, 0.2) is 35.2 Å². The molecule has 0 atom stereocenters. The molecule has 0 aliphatic rings. The van der Waals surface area contributed by atoms with Crippen LogP contribution in [0.4, 0.5) is 0 Å². The second-order valence-electron chi connectivity index (χ2n) is 8.10. The number of unbranched alkanes of at least 4 members (excludes halogenated alkanes) is 1. The SMILES string of the molecule is CCCC=Cc1c(C(C)C)nc(C(C)C)c(CO)c1-c1ccc(S(C)(=O)=O)cc1. The summed E-state index contributed by atoms with van der Waals surface area (Å²) in [6.07, 6.45) is 7.48. The Hall–Kier alpha value is -1.98. The molecular weight excluding hydrogens is 382 g/mol. The first kappa shape index (κ1) is 23.3. The van der Waals surface area contributed by atoms with Crippen LogP contribution >= 0.6 is 0 Å². The van der Waals surface area contributed by atoms with Gasteiger partial charge in [-0.2, -0.15) is 0 Å². The van der Waals surface area contributed by atoms with E-state index in [9.17, 15) is 13.5 Å². The summed E-state index contributed by atoms with van der Waals surface area (Å²) in [5.74, 6) is 0.382. The van der Waals surface area contributed by atoms with Crippen molar-refractivity contribution < 1.29 is 13.5 Å². The predicted octanol–water partition coefficient (Wildman–Crippen LogP) is 5.70. The van der Waals surface area contributed by atoms with Crippen molar-refractivity contribution in [2.75, 3.05) is 6.26 Å². The normalized spacial score (nSPS) is 12.4. The van der Waals surface area contributed by atoms with Gasteiger partial charge >= 0.3 is 0 Å². The Labute approximate surface area is 175 Å². The maximum atomic E-state index is 11.9. The van der Waals surface area contributed by atoms with Crippen LogP contribution in [0.1, 0.15) is 81.8 Å². The number of hydrogen-bond acceptors (Lipinski definition) is 4. The van der Waals surface area contributed by atoms with E-state index in [0.29, 0.717) is 0 Å². The van der Waals surface area contributed by atoms with Gasteiger partial charge in [0.05, 0.1) is 17.2 Å². The van der Waals surface area contributed by atoms with Gasteiger partial charge in [-0.15, -0.1) is 0 Å². The number of aromatic nitrogens is 1. The van der Waals surface area contributed by atoms with Crippen LogP contribution in [-0.4, -0.2) is 24.8 Å². The number of sulfone groups is 1. The highest BCUT2D eigenvalue weighted by Crippen LogP contribution is 2.37. The molecule has 2 rings (SSSR count). The fourth-order valence-corrected chi connectivity index (χ4v) is 4.12. The number of rotatable bonds is 8. The summed E-state index contributed by atoms with van der Waals surface area (Å²) in [7, 11) is -3.26. The summed E-state index contributed by atoms with van der Waals surface area (Å²) in [6, 6.07) is 6.93. The van der Waals surface area contributed by atoms with E-state index in [2.05, 4.69) is 46.8 Å². The van der Waals surface area contributed by atoms with E-state index in [1.165, 1.54) is 6.26 Å². The maximum Gasteiger partial charge on any atom is 0.175 e. The average molecular weight is 416 g/mol. The molecule has 1 aromatic heterocycles. The predicted molar refractivity (Wildman–Crippen MR) is 121 cm³/mol. The summed E-state index contributed by atoms with van der Waals surface area (Å²) < 4.78 is 23.7. The molecule has 0 aliphatic carbocycles. The lowest BCUT2D eigenvalue weighted by Crippen LogP contribution is -2.10. The highest BCUT2D eigenvalue weighted by molar-refractivity contribution is 7.90. The van der Waals surface area contributed by atoms with E-state index < -0.39 is 9.84 Å². The van der Waals surface area contributed by atoms with Crippen LogP contribution in [0, 0.1) is 0 Å². The third-order valence-electron chi connectivity index (χ3n) is 4.96. The standard InChI is InChI=1S/C24H33NO3S/c1-7-8-9-10-20-22(18-11-13-19(14-12-18)29(6,27)28)21(15-26)24(17(4)5)25-23(20)16(2)3/h9-14,16-17,26H,7-8,15H2,1-6H3. The van der Waals surface area contributed by atoms with Crippen molar-refractivity contribution in [3.63, 3.8) is 0 Å². The quantitative estimate of drug-likeness (QED) is 0.600. The number of hydrogen-bond donors (Lipinski definition) is 1. The average Bonchev–Trinajstić information content (AvgIpc) is 2.66. The first-order valence-corrected chi connectivity index (χ1v) is 12.1. The van der Waals surface area contributed by atoms with Gasteiger partial charge in [-0.1, -0.05) is 65.3 Å². The zero-order valence-electron chi connectivity index (χ0n) is 18.4. The lowest BCUT2D eigenvalue weighted by atomic mass is 9.87. The molecule has 0 saturated carbocycles. The summed E-state index contributed by atoms with van der Waals surface area (Å²) >= 11 is 0. The molecule has 29 heavy (non-hydrogen) atoms. The molecule has 4 nitrogen and oxygen atoms in total. The fourth-order valence-electron chi connectivity index (χ4n) is 3.49. The Morgan fingerprint density at radius 3 is 2.07 bits per heavy atom. The molecular formula is C24H33NO3S. The molecule has 1 N–H and O–H groups in total. The van der Waals surface area contributed by atoms with Gasteiger partial charge in [0.15, 0.2) is 9.84 Å². The Bertz CT molecular complexity index is 972. The van der Waals surface area contributed by atoms with Gasteiger partial charge in [0.1, 0.15) is 0 Å². The van der Waals surface area contributed by atoms with Crippen molar-refractivity contribution in [1.29, 1.82) is 0 Å². The molecule has 158 valence electrons. The van der Waals surface area contributed by atoms with E-state index in [1.807, 2.05) is 12.1 Å². The van der Waals surface area contributed by atoms with E-state index in [-0.39, 0.29) is 23.3 Å². The van der Waals surface area contributed by atoms with Gasteiger partial charge in [-0.25, -0.2) is 8.42 Å². The Balaban J connectivity index is 2.87. The van der Waals surface area contributed by atoms with Crippen molar-refractivity contribution in [2.45, 2.75) is 70.8 Å². The second-order valence-corrected chi connectivity index (χ2v) is 10.1. The van der Waals surface area contributed by atoms with Crippen molar-refractivity contribution in [1.82, 2.24) is 4.98 Å². The summed E-state index contributed by atoms with van der Waals surface area (Å²) in [4.78, 5) is 5.25. The number of nitrogens with zero attached hydrogens (tertiary/aromatic N) is 1. The van der Waals surface area contributed by atoms with Crippen LogP contribution in [-0.2, 0) is 16.4 Å². The first-order valence-electron chi connectivity index (χ1n) is 10.3. The van der Waals surface area contributed by atoms with Crippen LogP contribution < -0.4 is 0 Å². The van der Waals surface area contributed by atoms with Crippen LogP contribution in [0.3, 0.4) is 0 Å². The topological polar surface area (TPSA) is 67.3 Å². The van der Waals surface area contributed by atoms with Crippen LogP contribution in [0.5, 0.6) is 0 Å². The van der Waals surface area contributed by atoms with Crippen molar-refractivity contribution >= 4 is 15.9 Å². The number of benzene rings is 1. The first-order chi connectivity index (χ1) is 13.6. The molecule has 1 aromatic carbocycles. The van der Waals surface area contributed by atoms with E-state index in [1.54, 1.807) is 12.1 Å². The Morgan fingerprint density at radius 2 is 1.62 bits per heavy atom. The van der Waals surface area contributed by atoms with Crippen LogP contribution in [0.2, 0.25) is 0 Å². The van der Waals surface area contributed by atoms with Crippen molar-refractivity contribution in [2.24, 2.45) is 0 Å².